The fraction of sp³-hybridized carbons (Fsp3) is 0.700. The first-order valence-corrected chi connectivity index (χ1v) is 8.12. The minimum atomic E-state index is -2.85. The Labute approximate surface area is 101 Å². The molecule has 0 amide bonds. The number of nitrogens with one attached hydrogen (secondary N) is 1. The molecule has 1 unspecified atom stereocenters. The van der Waals surface area contributed by atoms with Crippen LogP contribution >= 0.6 is 11.3 Å². The van der Waals surface area contributed by atoms with Gasteiger partial charge in [0, 0.05) is 23.7 Å². The van der Waals surface area contributed by atoms with Gasteiger partial charge in [-0.3, -0.25) is 0 Å². The topological polar surface area (TPSA) is 59.1 Å². The van der Waals surface area contributed by atoms with Crippen molar-refractivity contribution in [3.63, 3.8) is 0 Å². The highest BCUT2D eigenvalue weighted by Crippen LogP contribution is 2.11. The first kappa shape index (κ1) is 13.6. The maximum absolute atomic E-state index is 11.0. The van der Waals surface area contributed by atoms with Gasteiger partial charge >= 0.3 is 0 Å². The van der Waals surface area contributed by atoms with Crippen LogP contribution in [-0.2, 0) is 16.4 Å². The zero-order valence-corrected chi connectivity index (χ0v) is 11.5. The molecule has 6 heteroatoms. The van der Waals surface area contributed by atoms with Gasteiger partial charge in [0.2, 0.25) is 0 Å². The first-order chi connectivity index (χ1) is 7.38. The summed E-state index contributed by atoms with van der Waals surface area (Å²) in [5.74, 6) is 0.239. The predicted molar refractivity (Wildman–Crippen MR) is 67.5 cm³/mol. The minimum Gasteiger partial charge on any atom is -0.309 e. The smallest absolute Gasteiger partial charge is 0.147 e. The van der Waals surface area contributed by atoms with Crippen LogP contribution in [0.2, 0.25) is 0 Å². The molecular weight excluding hydrogens is 244 g/mol. The Kier molecular flexibility index (Phi) is 4.89. The molecular formula is C10H18N2O2S2. The zero-order chi connectivity index (χ0) is 12.2. The number of aryl methyl sites for hydroxylation is 1. The minimum absolute atomic E-state index is 0.205. The summed E-state index contributed by atoms with van der Waals surface area (Å²) in [6, 6.07) is 0.205. The molecule has 1 N–H and O–H groups in total. The summed E-state index contributed by atoms with van der Waals surface area (Å²) in [6.07, 6.45) is 1.92. The van der Waals surface area contributed by atoms with E-state index in [2.05, 4.69) is 10.3 Å². The zero-order valence-electron chi connectivity index (χ0n) is 9.86. The first-order valence-electron chi connectivity index (χ1n) is 5.18. The van der Waals surface area contributed by atoms with Gasteiger partial charge in [-0.2, -0.15) is 0 Å². The van der Waals surface area contributed by atoms with E-state index in [0.29, 0.717) is 6.42 Å². The van der Waals surface area contributed by atoms with Crippen molar-refractivity contribution in [2.24, 2.45) is 0 Å². The molecule has 0 saturated heterocycles. The van der Waals surface area contributed by atoms with Crippen molar-refractivity contribution >= 4 is 21.2 Å². The Balaban J connectivity index is 2.31. The monoisotopic (exact) mass is 262 g/mol. The summed E-state index contributed by atoms with van der Waals surface area (Å²) in [7, 11) is -2.85. The van der Waals surface area contributed by atoms with E-state index >= 15 is 0 Å². The number of hydrogen-bond donors (Lipinski definition) is 1. The Morgan fingerprint density at radius 2 is 2.25 bits per heavy atom. The molecule has 0 spiro atoms. The molecule has 16 heavy (non-hydrogen) atoms. The molecule has 0 aliphatic rings. The summed E-state index contributed by atoms with van der Waals surface area (Å²) in [6.45, 7) is 4.75. The van der Waals surface area contributed by atoms with E-state index in [1.807, 2.05) is 19.4 Å². The van der Waals surface area contributed by atoms with Crippen molar-refractivity contribution in [3.05, 3.63) is 16.1 Å². The molecule has 0 aliphatic carbocycles. The van der Waals surface area contributed by atoms with E-state index in [9.17, 15) is 8.42 Å². The fourth-order valence-corrected chi connectivity index (χ4v) is 2.77. The summed E-state index contributed by atoms with van der Waals surface area (Å²) in [5.41, 5.74) is 2.88. The highest BCUT2D eigenvalue weighted by molar-refractivity contribution is 7.90. The lowest BCUT2D eigenvalue weighted by molar-refractivity contribution is 0.529. The van der Waals surface area contributed by atoms with Gasteiger partial charge in [-0.1, -0.05) is 0 Å². The SMILES string of the molecule is Cc1ncsc1CNC(C)CCS(C)(=O)=O. The molecule has 1 rings (SSSR count). The molecule has 0 radical (unpaired) electrons. The van der Waals surface area contributed by atoms with Crippen molar-refractivity contribution < 1.29 is 8.42 Å². The van der Waals surface area contributed by atoms with Crippen LogP contribution in [0.1, 0.15) is 23.9 Å². The number of nitrogens with zero attached hydrogens (tertiary/aromatic N) is 1. The van der Waals surface area contributed by atoms with Crippen LogP contribution in [0.5, 0.6) is 0 Å². The van der Waals surface area contributed by atoms with Crippen LogP contribution in [0.3, 0.4) is 0 Å². The van der Waals surface area contributed by atoms with E-state index in [1.54, 1.807) is 11.3 Å². The molecule has 1 heterocycles. The van der Waals surface area contributed by atoms with E-state index in [1.165, 1.54) is 11.1 Å². The number of hydrogen-bond acceptors (Lipinski definition) is 5. The quantitative estimate of drug-likeness (QED) is 0.841. The summed E-state index contributed by atoms with van der Waals surface area (Å²) in [5, 5.41) is 3.30. The van der Waals surface area contributed by atoms with Crippen molar-refractivity contribution in [2.75, 3.05) is 12.0 Å². The van der Waals surface area contributed by atoms with Crippen LogP contribution in [0.15, 0.2) is 5.51 Å². The highest BCUT2D eigenvalue weighted by atomic mass is 32.2. The summed E-state index contributed by atoms with van der Waals surface area (Å²) >= 11 is 1.62. The molecule has 92 valence electrons. The van der Waals surface area contributed by atoms with E-state index in [4.69, 9.17) is 0 Å². The molecule has 1 aromatic rings. The fourth-order valence-electron chi connectivity index (χ4n) is 1.26. The number of aromatic nitrogens is 1. The normalized spacial score (nSPS) is 13.9. The average Bonchev–Trinajstić information content (AvgIpc) is 2.57. The van der Waals surface area contributed by atoms with Gasteiger partial charge in [0.15, 0.2) is 0 Å². The Morgan fingerprint density at radius 3 is 2.75 bits per heavy atom. The van der Waals surface area contributed by atoms with Gasteiger partial charge in [0.05, 0.1) is 17.0 Å². The number of sulfone groups is 1. The predicted octanol–water partition coefficient (Wildman–Crippen LogP) is 1.36. The maximum atomic E-state index is 11.0. The van der Waals surface area contributed by atoms with Gasteiger partial charge in [-0.15, -0.1) is 11.3 Å². The van der Waals surface area contributed by atoms with Crippen LogP contribution in [0.25, 0.3) is 0 Å². The number of thiazole rings is 1. The Morgan fingerprint density at radius 1 is 1.56 bits per heavy atom. The van der Waals surface area contributed by atoms with E-state index < -0.39 is 9.84 Å². The second kappa shape index (κ2) is 5.75. The lowest BCUT2D eigenvalue weighted by Gasteiger charge is -2.12. The standard InChI is InChI=1S/C10H18N2O2S2/c1-8(4-5-16(3,13)14)11-6-10-9(2)12-7-15-10/h7-8,11H,4-6H2,1-3H3. The number of rotatable bonds is 6. The summed E-state index contributed by atoms with van der Waals surface area (Å²) < 4.78 is 22.0. The molecule has 0 aromatic carbocycles. The Bertz CT molecular complexity index is 426. The van der Waals surface area contributed by atoms with Crippen molar-refractivity contribution in [2.45, 2.75) is 32.9 Å². The Hall–Kier alpha value is -0.460. The van der Waals surface area contributed by atoms with Crippen LogP contribution in [0, 0.1) is 6.92 Å². The van der Waals surface area contributed by atoms with Crippen molar-refractivity contribution in [1.29, 1.82) is 0 Å². The van der Waals surface area contributed by atoms with Crippen molar-refractivity contribution in [1.82, 2.24) is 10.3 Å². The average molecular weight is 262 g/mol. The van der Waals surface area contributed by atoms with Crippen molar-refractivity contribution in [3.8, 4) is 0 Å². The lowest BCUT2D eigenvalue weighted by atomic mass is 10.2. The molecule has 0 fully saturated rings. The largest absolute Gasteiger partial charge is 0.309 e. The maximum Gasteiger partial charge on any atom is 0.147 e. The van der Waals surface area contributed by atoms with Gasteiger partial charge < -0.3 is 5.32 Å². The van der Waals surface area contributed by atoms with E-state index in [0.717, 1.165) is 12.2 Å². The second-order valence-electron chi connectivity index (χ2n) is 4.06. The van der Waals surface area contributed by atoms with Gasteiger partial charge in [0.25, 0.3) is 0 Å². The lowest BCUT2D eigenvalue weighted by Crippen LogP contribution is -2.27. The van der Waals surface area contributed by atoms with Crippen LogP contribution in [0.4, 0.5) is 0 Å². The third kappa shape index (κ3) is 5.05. The van der Waals surface area contributed by atoms with Crippen LogP contribution in [-0.4, -0.2) is 31.5 Å². The van der Waals surface area contributed by atoms with Gasteiger partial charge in [0.1, 0.15) is 9.84 Å². The molecule has 0 saturated carbocycles. The third-order valence-corrected chi connectivity index (χ3v) is 4.29. The summed E-state index contributed by atoms with van der Waals surface area (Å²) in [4.78, 5) is 5.38. The van der Waals surface area contributed by atoms with Gasteiger partial charge in [-0.05, 0) is 20.3 Å². The third-order valence-electron chi connectivity index (χ3n) is 2.38. The molecule has 0 aliphatic heterocycles. The van der Waals surface area contributed by atoms with Gasteiger partial charge in [-0.25, -0.2) is 13.4 Å². The highest BCUT2D eigenvalue weighted by Gasteiger charge is 2.08. The molecule has 1 aromatic heterocycles. The molecule has 4 nitrogen and oxygen atoms in total. The molecule has 0 bridgehead atoms. The second-order valence-corrected chi connectivity index (χ2v) is 7.26. The van der Waals surface area contributed by atoms with Crippen LogP contribution < -0.4 is 5.32 Å². The molecule has 1 atom stereocenters. The van der Waals surface area contributed by atoms with E-state index in [-0.39, 0.29) is 11.8 Å².